The van der Waals surface area contributed by atoms with Crippen LogP contribution in [0, 0.1) is 6.92 Å². The molecule has 7 nitrogen and oxygen atoms in total. The largest absolute Gasteiger partial charge is 0.495 e. The van der Waals surface area contributed by atoms with Crippen LogP contribution in [0.3, 0.4) is 0 Å². The van der Waals surface area contributed by atoms with Gasteiger partial charge in [-0.2, -0.15) is 4.31 Å². The highest BCUT2D eigenvalue weighted by Gasteiger charge is 2.39. The SMILES string of the molecule is COc1ccc(C)cc1S(=O)(=O)N1CCC(N2C(=O)CCC2=O)CC1. The van der Waals surface area contributed by atoms with Crippen LogP contribution in [0.15, 0.2) is 23.1 Å². The summed E-state index contributed by atoms with van der Waals surface area (Å²) in [6, 6.07) is 4.85. The van der Waals surface area contributed by atoms with Crippen LogP contribution in [0.2, 0.25) is 0 Å². The number of piperidine rings is 1. The second-order valence-electron chi connectivity index (χ2n) is 6.45. The van der Waals surface area contributed by atoms with Gasteiger partial charge in [0.25, 0.3) is 0 Å². The van der Waals surface area contributed by atoms with E-state index in [4.69, 9.17) is 4.74 Å². The summed E-state index contributed by atoms with van der Waals surface area (Å²) in [6.45, 7) is 2.39. The van der Waals surface area contributed by atoms with Crippen molar-refractivity contribution < 1.29 is 22.7 Å². The van der Waals surface area contributed by atoms with Crippen molar-refractivity contribution in [2.75, 3.05) is 20.2 Å². The number of imide groups is 1. The summed E-state index contributed by atoms with van der Waals surface area (Å²) in [6.07, 6.45) is 1.45. The van der Waals surface area contributed by atoms with E-state index in [-0.39, 0.29) is 48.7 Å². The average molecular weight is 366 g/mol. The van der Waals surface area contributed by atoms with Crippen LogP contribution in [-0.2, 0) is 19.6 Å². The second kappa shape index (κ2) is 6.76. The number of likely N-dealkylation sites (tertiary alicyclic amines) is 1. The molecule has 0 unspecified atom stereocenters. The Morgan fingerprint density at radius 2 is 1.68 bits per heavy atom. The molecule has 1 aromatic carbocycles. The van der Waals surface area contributed by atoms with E-state index in [2.05, 4.69) is 0 Å². The number of nitrogens with zero attached hydrogens (tertiary/aromatic N) is 2. The fraction of sp³-hybridized carbons (Fsp3) is 0.529. The highest BCUT2D eigenvalue weighted by Crippen LogP contribution is 2.31. The van der Waals surface area contributed by atoms with Crippen LogP contribution in [0.1, 0.15) is 31.2 Å². The average Bonchev–Trinajstić information content (AvgIpc) is 2.93. The van der Waals surface area contributed by atoms with Gasteiger partial charge in [-0.25, -0.2) is 8.42 Å². The van der Waals surface area contributed by atoms with Gasteiger partial charge in [-0.3, -0.25) is 14.5 Å². The molecule has 1 aromatic rings. The quantitative estimate of drug-likeness (QED) is 0.750. The van der Waals surface area contributed by atoms with Crippen molar-refractivity contribution in [1.82, 2.24) is 9.21 Å². The van der Waals surface area contributed by atoms with Gasteiger partial charge < -0.3 is 4.74 Å². The molecule has 0 spiro atoms. The molecule has 0 radical (unpaired) electrons. The monoisotopic (exact) mass is 366 g/mol. The van der Waals surface area contributed by atoms with Crippen molar-refractivity contribution in [3.8, 4) is 5.75 Å². The normalized spacial score (nSPS) is 20.3. The van der Waals surface area contributed by atoms with Crippen molar-refractivity contribution >= 4 is 21.8 Å². The molecule has 0 aliphatic carbocycles. The molecule has 2 fully saturated rings. The van der Waals surface area contributed by atoms with Crippen molar-refractivity contribution in [3.63, 3.8) is 0 Å². The molecule has 0 atom stereocenters. The summed E-state index contributed by atoms with van der Waals surface area (Å²) in [7, 11) is -2.24. The minimum atomic E-state index is -3.68. The number of amides is 2. The van der Waals surface area contributed by atoms with Gasteiger partial charge in [-0.05, 0) is 37.5 Å². The number of rotatable bonds is 4. The first-order valence-corrected chi connectivity index (χ1v) is 9.78. The number of hydrogen-bond donors (Lipinski definition) is 0. The molecule has 25 heavy (non-hydrogen) atoms. The van der Waals surface area contributed by atoms with E-state index in [1.54, 1.807) is 18.2 Å². The van der Waals surface area contributed by atoms with Gasteiger partial charge in [0.1, 0.15) is 10.6 Å². The number of methoxy groups -OCH3 is 1. The molecule has 0 bridgehead atoms. The maximum absolute atomic E-state index is 13.0. The molecule has 2 aliphatic heterocycles. The number of benzene rings is 1. The van der Waals surface area contributed by atoms with E-state index in [1.807, 2.05) is 6.92 Å². The molecule has 0 N–H and O–H groups in total. The lowest BCUT2D eigenvalue weighted by molar-refractivity contribution is -0.141. The smallest absolute Gasteiger partial charge is 0.246 e. The second-order valence-corrected chi connectivity index (χ2v) is 8.35. The van der Waals surface area contributed by atoms with E-state index in [0.717, 1.165) is 5.56 Å². The molecule has 8 heteroatoms. The number of hydrogen-bond acceptors (Lipinski definition) is 5. The van der Waals surface area contributed by atoms with Gasteiger partial charge in [-0.15, -0.1) is 0 Å². The van der Waals surface area contributed by atoms with Gasteiger partial charge in [0.05, 0.1) is 7.11 Å². The molecule has 0 saturated carbocycles. The lowest BCUT2D eigenvalue weighted by Crippen LogP contribution is -2.48. The molecule has 136 valence electrons. The van der Waals surface area contributed by atoms with Crippen LogP contribution >= 0.6 is 0 Å². The van der Waals surface area contributed by atoms with E-state index in [0.29, 0.717) is 18.6 Å². The van der Waals surface area contributed by atoms with Crippen LogP contribution in [0.25, 0.3) is 0 Å². The number of carbonyl (C=O) groups is 2. The third-order valence-electron chi connectivity index (χ3n) is 4.82. The van der Waals surface area contributed by atoms with Crippen LogP contribution in [0.5, 0.6) is 5.75 Å². The Morgan fingerprint density at radius 1 is 1.08 bits per heavy atom. The third kappa shape index (κ3) is 3.28. The minimum absolute atomic E-state index is 0.147. The van der Waals surface area contributed by atoms with Crippen molar-refractivity contribution in [2.45, 2.75) is 43.5 Å². The fourth-order valence-electron chi connectivity index (χ4n) is 3.47. The van der Waals surface area contributed by atoms with Gasteiger partial charge >= 0.3 is 0 Å². The summed E-state index contributed by atoms with van der Waals surface area (Å²) in [5.74, 6) is 0.0240. The molecule has 2 amide bonds. The van der Waals surface area contributed by atoms with E-state index >= 15 is 0 Å². The molecule has 0 aromatic heterocycles. The lowest BCUT2D eigenvalue weighted by Gasteiger charge is -2.35. The summed E-state index contributed by atoms with van der Waals surface area (Å²) in [4.78, 5) is 25.2. The first-order chi connectivity index (χ1) is 11.8. The van der Waals surface area contributed by atoms with Crippen molar-refractivity contribution in [3.05, 3.63) is 23.8 Å². The zero-order valence-corrected chi connectivity index (χ0v) is 15.2. The molecule has 2 aliphatic rings. The molecular weight excluding hydrogens is 344 g/mol. The number of sulfonamides is 1. The zero-order valence-electron chi connectivity index (χ0n) is 14.4. The summed E-state index contributed by atoms with van der Waals surface area (Å²) in [5, 5.41) is 0. The first kappa shape index (κ1) is 17.9. The highest BCUT2D eigenvalue weighted by atomic mass is 32.2. The Hall–Kier alpha value is -1.93. The fourth-order valence-corrected chi connectivity index (χ4v) is 5.18. The summed E-state index contributed by atoms with van der Waals surface area (Å²) in [5.41, 5.74) is 0.836. The first-order valence-electron chi connectivity index (χ1n) is 8.34. The van der Waals surface area contributed by atoms with E-state index < -0.39 is 10.0 Å². The zero-order chi connectivity index (χ0) is 18.2. The predicted octanol–water partition coefficient (Wildman–Crippen LogP) is 1.31. The Kier molecular flexibility index (Phi) is 4.83. The molecular formula is C17H22N2O5S. The Labute approximate surface area is 147 Å². The summed E-state index contributed by atoms with van der Waals surface area (Å²) < 4.78 is 32.6. The Bertz CT molecular complexity index is 781. The van der Waals surface area contributed by atoms with Crippen LogP contribution < -0.4 is 4.74 Å². The highest BCUT2D eigenvalue weighted by molar-refractivity contribution is 7.89. The molecule has 2 saturated heterocycles. The Balaban J connectivity index is 1.77. The predicted molar refractivity (Wildman–Crippen MR) is 90.6 cm³/mol. The van der Waals surface area contributed by atoms with Crippen molar-refractivity contribution in [1.29, 1.82) is 0 Å². The van der Waals surface area contributed by atoms with Crippen LogP contribution in [0.4, 0.5) is 0 Å². The standard InChI is InChI=1S/C17H22N2O5S/c1-12-3-4-14(24-2)15(11-12)25(22,23)18-9-7-13(8-10-18)19-16(20)5-6-17(19)21/h3-4,11,13H,5-10H2,1-2H3. The summed E-state index contributed by atoms with van der Waals surface area (Å²) >= 11 is 0. The third-order valence-corrected chi connectivity index (χ3v) is 6.74. The number of ether oxygens (including phenoxy) is 1. The maximum Gasteiger partial charge on any atom is 0.246 e. The van der Waals surface area contributed by atoms with E-state index in [9.17, 15) is 18.0 Å². The minimum Gasteiger partial charge on any atom is -0.495 e. The van der Waals surface area contributed by atoms with Gasteiger partial charge in [0.15, 0.2) is 0 Å². The molecule has 3 rings (SSSR count). The Morgan fingerprint density at radius 3 is 2.24 bits per heavy atom. The van der Waals surface area contributed by atoms with Crippen molar-refractivity contribution in [2.24, 2.45) is 0 Å². The van der Waals surface area contributed by atoms with Gasteiger partial charge in [0, 0.05) is 32.0 Å². The van der Waals surface area contributed by atoms with Gasteiger partial charge in [-0.1, -0.05) is 6.07 Å². The topological polar surface area (TPSA) is 84.0 Å². The number of carbonyl (C=O) groups excluding carboxylic acids is 2. The lowest BCUT2D eigenvalue weighted by atomic mass is 10.1. The maximum atomic E-state index is 13.0. The number of aryl methyl sites for hydroxylation is 1. The molecule has 2 heterocycles. The van der Waals surface area contributed by atoms with E-state index in [1.165, 1.54) is 16.3 Å². The van der Waals surface area contributed by atoms with Gasteiger partial charge in [0.2, 0.25) is 21.8 Å². The van der Waals surface area contributed by atoms with Crippen LogP contribution in [-0.4, -0.2) is 55.7 Å².